The van der Waals surface area contributed by atoms with E-state index in [-0.39, 0.29) is 0 Å². The van der Waals surface area contributed by atoms with Crippen molar-refractivity contribution in [3.8, 4) is 0 Å². The molecule has 4 atom stereocenters. The van der Waals surface area contributed by atoms with Crippen molar-refractivity contribution in [2.45, 2.75) is 24.5 Å². The number of ether oxygens (including phenoxy) is 1. The van der Waals surface area contributed by atoms with Gasteiger partial charge in [0.25, 0.3) is 5.56 Å². The SMILES string of the molecule is O=c1[nH]c(=O)n([C@@H]2O[C@H](CO)[C@@H](O)[C@H]2O)cc1P(=O)([O-])[O-]. The number of aliphatic hydroxyl groups is 3. The van der Waals surface area contributed by atoms with Crippen LogP contribution in [0.1, 0.15) is 6.23 Å². The molecule has 21 heavy (non-hydrogen) atoms. The van der Waals surface area contributed by atoms with E-state index in [0.717, 1.165) is 0 Å². The molecule has 118 valence electrons. The van der Waals surface area contributed by atoms with Gasteiger partial charge in [0.2, 0.25) is 0 Å². The summed E-state index contributed by atoms with van der Waals surface area (Å²) in [5.74, 6) is 0. The van der Waals surface area contributed by atoms with Crippen LogP contribution >= 0.6 is 7.60 Å². The highest BCUT2D eigenvalue weighted by Crippen LogP contribution is 2.28. The zero-order valence-electron chi connectivity index (χ0n) is 10.3. The Labute approximate surface area is 116 Å². The average Bonchev–Trinajstić information content (AvgIpc) is 2.65. The molecule has 1 aromatic heterocycles. The Hall–Kier alpha value is -1.33. The molecule has 1 fully saturated rings. The van der Waals surface area contributed by atoms with E-state index in [1.165, 1.54) is 0 Å². The lowest BCUT2D eigenvalue weighted by Gasteiger charge is -2.29. The summed E-state index contributed by atoms with van der Waals surface area (Å²) in [5.41, 5.74) is -2.54. The predicted molar refractivity (Wildman–Crippen MR) is 61.6 cm³/mol. The Morgan fingerprint density at radius 2 is 1.95 bits per heavy atom. The normalized spacial score (nSPS) is 29.8. The van der Waals surface area contributed by atoms with Crippen molar-refractivity contribution in [3.63, 3.8) is 0 Å². The second-order valence-electron chi connectivity index (χ2n) is 4.41. The quantitative estimate of drug-likeness (QED) is 0.394. The molecule has 0 aliphatic carbocycles. The second kappa shape index (κ2) is 5.46. The van der Waals surface area contributed by atoms with Crippen LogP contribution in [0.5, 0.6) is 0 Å². The number of nitrogens with zero attached hydrogens (tertiary/aromatic N) is 1. The standard InChI is InChI=1S/C9H13N2O9P/c12-2-3-5(13)6(14)8(20-3)11-1-4(21(17,18)19)7(15)10-9(11)16/h1,3,5-6,8,12-14H,2H2,(H,10,15,16)(H2,17,18,19)/p-2/t3-,5-,6-,8-/m1/s1. The van der Waals surface area contributed by atoms with Gasteiger partial charge in [0, 0.05) is 6.20 Å². The Morgan fingerprint density at radius 3 is 2.43 bits per heavy atom. The molecule has 11 nitrogen and oxygen atoms in total. The number of hydrogen-bond donors (Lipinski definition) is 4. The number of H-pyrrole nitrogens is 1. The lowest BCUT2D eigenvalue weighted by atomic mass is 10.1. The van der Waals surface area contributed by atoms with Crippen LogP contribution in [0.4, 0.5) is 0 Å². The van der Waals surface area contributed by atoms with Crippen LogP contribution in [0, 0.1) is 0 Å². The van der Waals surface area contributed by atoms with Gasteiger partial charge in [0.05, 0.1) is 11.9 Å². The van der Waals surface area contributed by atoms with Crippen molar-refractivity contribution in [1.82, 2.24) is 9.55 Å². The fourth-order valence-corrected chi connectivity index (χ4v) is 2.54. The molecule has 0 radical (unpaired) electrons. The first-order valence-corrected chi connectivity index (χ1v) is 7.21. The van der Waals surface area contributed by atoms with Crippen molar-refractivity contribution in [2.24, 2.45) is 0 Å². The number of rotatable bonds is 3. The van der Waals surface area contributed by atoms with Crippen molar-refractivity contribution in [3.05, 3.63) is 27.0 Å². The number of aliphatic hydroxyl groups excluding tert-OH is 3. The van der Waals surface area contributed by atoms with Crippen LogP contribution in [0.3, 0.4) is 0 Å². The molecule has 0 amide bonds. The highest BCUT2D eigenvalue weighted by atomic mass is 31.2. The van der Waals surface area contributed by atoms with E-state index in [2.05, 4.69) is 0 Å². The van der Waals surface area contributed by atoms with E-state index >= 15 is 0 Å². The highest BCUT2D eigenvalue weighted by Gasteiger charge is 2.43. The molecule has 1 saturated heterocycles. The molecule has 2 rings (SSSR count). The summed E-state index contributed by atoms with van der Waals surface area (Å²) < 4.78 is 16.4. The van der Waals surface area contributed by atoms with Gasteiger partial charge in [-0.3, -0.25) is 14.3 Å². The van der Waals surface area contributed by atoms with Gasteiger partial charge >= 0.3 is 5.69 Å². The Kier molecular flexibility index (Phi) is 4.17. The van der Waals surface area contributed by atoms with Crippen LogP contribution in [0.2, 0.25) is 0 Å². The lowest BCUT2D eigenvalue weighted by molar-refractivity contribution is -0.308. The average molecular weight is 322 g/mol. The fourth-order valence-electron chi connectivity index (χ4n) is 1.97. The Balaban J connectivity index is 2.53. The number of aromatic nitrogens is 2. The van der Waals surface area contributed by atoms with E-state index in [0.29, 0.717) is 10.8 Å². The van der Waals surface area contributed by atoms with Gasteiger partial charge in [0.15, 0.2) is 6.23 Å². The molecule has 0 bridgehead atoms. The first-order chi connectivity index (χ1) is 9.66. The third-order valence-corrected chi connectivity index (χ3v) is 3.94. The van der Waals surface area contributed by atoms with E-state index < -0.39 is 55.3 Å². The maximum Gasteiger partial charge on any atom is 0.330 e. The van der Waals surface area contributed by atoms with Crippen LogP contribution < -0.4 is 26.3 Å². The van der Waals surface area contributed by atoms with Gasteiger partial charge in [-0.1, -0.05) is 0 Å². The van der Waals surface area contributed by atoms with Gasteiger partial charge in [-0.05, 0) is 7.60 Å². The molecule has 1 aliphatic heterocycles. The minimum absolute atomic E-state index is 0.433. The number of nitrogens with one attached hydrogen (secondary N) is 1. The van der Waals surface area contributed by atoms with E-state index in [4.69, 9.17) is 9.84 Å². The first-order valence-electron chi connectivity index (χ1n) is 5.67. The van der Waals surface area contributed by atoms with Gasteiger partial charge < -0.3 is 34.4 Å². The molecule has 1 aromatic rings. The number of aromatic amines is 1. The van der Waals surface area contributed by atoms with Crippen molar-refractivity contribution in [1.29, 1.82) is 0 Å². The third-order valence-electron chi connectivity index (χ3n) is 3.04. The van der Waals surface area contributed by atoms with Gasteiger partial charge in [-0.25, -0.2) is 4.79 Å². The molecule has 1 aliphatic rings. The largest absolute Gasteiger partial charge is 0.807 e. The van der Waals surface area contributed by atoms with Crippen molar-refractivity contribution in [2.75, 3.05) is 6.61 Å². The Morgan fingerprint density at radius 1 is 1.33 bits per heavy atom. The Bertz CT molecular complexity index is 691. The summed E-state index contributed by atoms with van der Waals surface area (Å²) in [6.07, 6.45) is -5.54. The van der Waals surface area contributed by atoms with Gasteiger partial charge in [-0.15, -0.1) is 0 Å². The molecular weight excluding hydrogens is 311 g/mol. The summed E-state index contributed by atoms with van der Waals surface area (Å²) in [4.78, 5) is 46.4. The maximum atomic E-state index is 11.6. The second-order valence-corrected chi connectivity index (χ2v) is 5.88. The van der Waals surface area contributed by atoms with Crippen LogP contribution in [-0.4, -0.2) is 49.8 Å². The minimum atomic E-state index is -5.45. The molecule has 0 aromatic carbocycles. The monoisotopic (exact) mass is 322 g/mol. The van der Waals surface area contributed by atoms with Gasteiger partial charge in [0.1, 0.15) is 18.3 Å². The molecular formula is C9H11N2O9P-2. The highest BCUT2D eigenvalue weighted by molar-refractivity contribution is 7.57. The first kappa shape index (κ1) is 16.0. The van der Waals surface area contributed by atoms with E-state index in [1.807, 2.05) is 0 Å². The van der Waals surface area contributed by atoms with E-state index in [9.17, 15) is 34.2 Å². The minimum Gasteiger partial charge on any atom is -0.807 e. The molecule has 0 saturated carbocycles. The van der Waals surface area contributed by atoms with Crippen molar-refractivity contribution >= 4 is 12.9 Å². The van der Waals surface area contributed by atoms with Crippen LogP contribution in [0.25, 0.3) is 0 Å². The third kappa shape index (κ3) is 2.85. The topological polar surface area (TPSA) is 188 Å². The maximum absolute atomic E-state index is 11.6. The summed E-state index contributed by atoms with van der Waals surface area (Å²) in [6, 6.07) is 0. The van der Waals surface area contributed by atoms with E-state index in [1.54, 1.807) is 4.98 Å². The lowest BCUT2D eigenvalue weighted by Crippen LogP contribution is -2.46. The summed E-state index contributed by atoms with van der Waals surface area (Å²) in [6.45, 7) is -0.665. The molecule has 12 heteroatoms. The molecule has 4 N–H and O–H groups in total. The smallest absolute Gasteiger partial charge is 0.330 e. The summed E-state index contributed by atoms with van der Waals surface area (Å²) in [7, 11) is -5.45. The van der Waals surface area contributed by atoms with Gasteiger partial charge in [-0.2, -0.15) is 0 Å². The fraction of sp³-hybridized carbons (Fsp3) is 0.556. The predicted octanol–water partition coefficient (Wildman–Crippen LogP) is -5.31. The number of hydrogen-bond acceptors (Lipinski definition) is 9. The summed E-state index contributed by atoms with van der Waals surface area (Å²) in [5, 5.41) is 27.0. The van der Waals surface area contributed by atoms with Crippen LogP contribution in [0.15, 0.2) is 15.8 Å². The molecule has 0 unspecified atom stereocenters. The van der Waals surface area contributed by atoms with Crippen molar-refractivity contribution < 1.29 is 34.4 Å². The zero-order valence-corrected chi connectivity index (χ0v) is 11.2. The molecule has 2 heterocycles. The zero-order chi connectivity index (χ0) is 15.9. The van der Waals surface area contributed by atoms with Crippen LogP contribution in [-0.2, 0) is 9.30 Å². The summed E-state index contributed by atoms with van der Waals surface area (Å²) >= 11 is 0. The molecule has 0 spiro atoms.